The maximum Gasteiger partial charge on any atom is 0.268 e. The van der Waals surface area contributed by atoms with Crippen LogP contribution in [0.15, 0.2) is 29.1 Å². The number of nitrogens with one attached hydrogen (secondary N) is 3. The number of carbonyl (C=O) groups excluding carboxylic acids is 3. The first-order chi connectivity index (χ1) is 12.9. The van der Waals surface area contributed by atoms with Crippen molar-refractivity contribution in [3.8, 4) is 0 Å². The molecule has 3 rings (SSSR count). The highest BCUT2D eigenvalue weighted by atomic mass is 32.1. The van der Waals surface area contributed by atoms with Gasteiger partial charge in [-0.25, -0.2) is 0 Å². The van der Waals surface area contributed by atoms with Gasteiger partial charge in [-0.05, 0) is 29.9 Å². The molecule has 2 aromatic heterocycles. The topological polar surface area (TPSA) is 92.2 Å². The van der Waals surface area contributed by atoms with E-state index in [2.05, 4.69) is 29.8 Å². The third-order valence-corrected chi connectivity index (χ3v) is 5.16. The van der Waals surface area contributed by atoms with Gasteiger partial charge in [0.05, 0.1) is 17.3 Å². The first-order valence-electron chi connectivity index (χ1n) is 9.04. The molecule has 8 heteroatoms. The van der Waals surface area contributed by atoms with Crippen molar-refractivity contribution in [1.82, 2.24) is 15.2 Å². The van der Waals surface area contributed by atoms with E-state index in [4.69, 9.17) is 0 Å². The van der Waals surface area contributed by atoms with Gasteiger partial charge in [-0.1, -0.05) is 13.8 Å². The second-order valence-corrected chi connectivity index (χ2v) is 7.87. The summed E-state index contributed by atoms with van der Waals surface area (Å²) in [4.78, 5) is 36.8. The molecule has 0 aromatic carbocycles. The first-order valence-corrected chi connectivity index (χ1v) is 9.98. The molecule has 0 radical (unpaired) electrons. The highest BCUT2D eigenvalue weighted by Gasteiger charge is 2.28. The standard InChI is InChI=1S/C19H24N4O3S/c1-12(2)3-5-20-17(24)8-15-9-21-19(26)16-7-13(10-23(15)16)18(25)22-14-4-6-27-11-14/h4,6-7,10-12,15H,3,5,8-9H2,1-2H3,(H,20,24)(H,21,26)(H,22,25). The molecule has 0 spiro atoms. The predicted octanol–water partition coefficient (Wildman–Crippen LogP) is 2.64. The normalized spacial score (nSPS) is 16.0. The fraction of sp³-hybridized carbons (Fsp3) is 0.421. The Bertz CT molecular complexity index is 826. The minimum Gasteiger partial charge on any atom is -0.356 e. The van der Waals surface area contributed by atoms with Crippen LogP contribution in [-0.4, -0.2) is 35.4 Å². The van der Waals surface area contributed by atoms with Crippen molar-refractivity contribution >= 4 is 34.7 Å². The third kappa shape index (κ3) is 4.77. The van der Waals surface area contributed by atoms with Gasteiger partial charge in [-0.3, -0.25) is 14.4 Å². The quantitative estimate of drug-likeness (QED) is 0.681. The summed E-state index contributed by atoms with van der Waals surface area (Å²) in [5.41, 5.74) is 1.52. The van der Waals surface area contributed by atoms with Crippen LogP contribution in [-0.2, 0) is 4.79 Å². The summed E-state index contributed by atoms with van der Waals surface area (Å²) in [6, 6.07) is 3.18. The molecule has 3 amide bonds. The van der Waals surface area contributed by atoms with Crippen molar-refractivity contribution in [2.75, 3.05) is 18.4 Å². The van der Waals surface area contributed by atoms with Gasteiger partial charge in [0.1, 0.15) is 5.69 Å². The number of hydrogen-bond acceptors (Lipinski definition) is 4. The van der Waals surface area contributed by atoms with E-state index < -0.39 is 0 Å². The molecular formula is C19H24N4O3S. The van der Waals surface area contributed by atoms with E-state index in [9.17, 15) is 14.4 Å². The average Bonchev–Trinajstić information content (AvgIpc) is 3.27. The van der Waals surface area contributed by atoms with E-state index in [-0.39, 0.29) is 30.2 Å². The molecule has 1 unspecified atom stereocenters. The Morgan fingerprint density at radius 3 is 2.93 bits per heavy atom. The maximum absolute atomic E-state index is 12.4. The Morgan fingerprint density at radius 1 is 1.41 bits per heavy atom. The Morgan fingerprint density at radius 2 is 2.22 bits per heavy atom. The van der Waals surface area contributed by atoms with Crippen LogP contribution in [0.1, 0.15) is 53.6 Å². The van der Waals surface area contributed by atoms with Crippen LogP contribution in [0.5, 0.6) is 0 Å². The largest absolute Gasteiger partial charge is 0.356 e. The smallest absolute Gasteiger partial charge is 0.268 e. The summed E-state index contributed by atoms with van der Waals surface area (Å²) in [7, 11) is 0. The molecule has 7 nitrogen and oxygen atoms in total. The van der Waals surface area contributed by atoms with Crippen LogP contribution >= 0.6 is 11.3 Å². The van der Waals surface area contributed by atoms with Gasteiger partial charge in [0.2, 0.25) is 5.91 Å². The Kier molecular flexibility index (Phi) is 5.95. The Balaban J connectivity index is 1.69. The lowest BCUT2D eigenvalue weighted by molar-refractivity contribution is -0.121. The van der Waals surface area contributed by atoms with E-state index in [0.717, 1.165) is 12.1 Å². The van der Waals surface area contributed by atoms with Crippen molar-refractivity contribution in [3.05, 3.63) is 40.3 Å². The maximum atomic E-state index is 12.4. The lowest BCUT2D eigenvalue weighted by Crippen LogP contribution is -2.40. The molecule has 2 aromatic rings. The monoisotopic (exact) mass is 388 g/mol. The number of aromatic nitrogens is 1. The lowest BCUT2D eigenvalue weighted by Gasteiger charge is -2.26. The van der Waals surface area contributed by atoms with Crippen molar-refractivity contribution < 1.29 is 14.4 Å². The van der Waals surface area contributed by atoms with Crippen molar-refractivity contribution in [1.29, 1.82) is 0 Å². The van der Waals surface area contributed by atoms with Gasteiger partial charge in [0.15, 0.2) is 0 Å². The summed E-state index contributed by atoms with van der Waals surface area (Å²) < 4.78 is 1.74. The molecular weight excluding hydrogens is 364 g/mol. The zero-order valence-corrected chi connectivity index (χ0v) is 16.3. The SMILES string of the molecule is CC(C)CCNC(=O)CC1CNC(=O)c2cc(C(=O)Nc3ccsc3)cn21. The van der Waals surface area contributed by atoms with E-state index in [1.54, 1.807) is 16.8 Å². The van der Waals surface area contributed by atoms with Crippen molar-refractivity contribution in [3.63, 3.8) is 0 Å². The van der Waals surface area contributed by atoms with Gasteiger partial charge in [-0.15, -0.1) is 0 Å². The minimum absolute atomic E-state index is 0.0549. The summed E-state index contributed by atoms with van der Waals surface area (Å²) in [5, 5.41) is 12.2. The van der Waals surface area contributed by atoms with Crippen LogP contribution in [0.4, 0.5) is 5.69 Å². The third-order valence-electron chi connectivity index (χ3n) is 4.48. The van der Waals surface area contributed by atoms with E-state index >= 15 is 0 Å². The predicted molar refractivity (Wildman–Crippen MR) is 105 cm³/mol. The van der Waals surface area contributed by atoms with Crippen LogP contribution in [0.3, 0.4) is 0 Å². The van der Waals surface area contributed by atoms with Gasteiger partial charge in [0, 0.05) is 31.1 Å². The number of hydrogen-bond donors (Lipinski definition) is 3. The molecule has 144 valence electrons. The number of rotatable bonds is 7. The number of amides is 3. The minimum atomic E-state index is -0.275. The summed E-state index contributed by atoms with van der Waals surface area (Å²) in [6.45, 7) is 5.22. The van der Waals surface area contributed by atoms with Gasteiger partial charge >= 0.3 is 0 Å². The van der Waals surface area contributed by atoms with Crippen molar-refractivity contribution in [2.45, 2.75) is 32.7 Å². The lowest BCUT2D eigenvalue weighted by atomic mass is 10.1. The highest BCUT2D eigenvalue weighted by Crippen LogP contribution is 2.23. The number of anilines is 1. The molecule has 0 aliphatic carbocycles. The molecule has 0 fully saturated rings. The molecule has 3 heterocycles. The van der Waals surface area contributed by atoms with E-state index in [0.29, 0.717) is 30.3 Å². The first kappa shape index (κ1) is 19.2. The Hall–Kier alpha value is -2.61. The van der Waals surface area contributed by atoms with Gasteiger partial charge < -0.3 is 20.5 Å². The molecule has 0 saturated heterocycles. The molecule has 27 heavy (non-hydrogen) atoms. The number of fused-ring (bicyclic) bond motifs is 1. The van der Waals surface area contributed by atoms with Crippen molar-refractivity contribution in [2.24, 2.45) is 5.92 Å². The molecule has 1 aliphatic rings. The highest BCUT2D eigenvalue weighted by molar-refractivity contribution is 7.08. The molecule has 0 bridgehead atoms. The molecule has 1 aliphatic heterocycles. The van der Waals surface area contributed by atoms with Crippen LogP contribution in [0, 0.1) is 5.92 Å². The summed E-state index contributed by atoms with van der Waals surface area (Å²) in [5.74, 6) is -0.0374. The Labute approximate surface area is 162 Å². The van der Waals surface area contributed by atoms with Gasteiger partial charge in [-0.2, -0.15) is 11.3 Å². The fourth-order valence-electron chi connectivity index (χ4n) is 2.98. The molecule has 0 saturated carbocycles. The number of nitrogens with zero attached hydrogens (tertiary/aromatic N) is 1. The van der Waals surface area contributed by atoms with Crippen LogP contribution in [0.2, 0.25) is 0 Å². The van der Waals surface area contributed by atoms with Crippen LogP contribution in [0.25, 0.3) is 0 Å². The molecule has 1 atom stereocenters. The van der Waals surface area contributed by atoms with Gasteiger partial charge in [0.25, 0.3) is 11.8 Å². The summed E-state index contributed by atoms with van der Waals surface area (Å²) >= 11 is 1.49. The number of thiophene rings is 1. The second kappa shape index (κ2) is 8.39. The average molecular weight is 388 g/mol. The van der Waals surface area contributed by atoms with E-state index in [1.807, 2.05) is 16.8 Å². The fourth-order valence-corrected chi connectivity index (χ4v) is 3.57. The molecule has 3 N–H and O–H groups in total. The zero-order chi connectivity index (χ0) is 19.4. The zero-order valence-electron chi connectivity index (χ0n) is 15.5. The second-order valence-electron chi connectivity index (χ2n) is 7.09. The summed E-state index contributed by atoms with van der Waals surface area (Å²) in [6.07, 6.45) is 2.84. The number of carbonyl (C=O) groups is 3. The van der Waals surface area contributed by atoms with E-state index in [1.165, 1.54) is 11.3 Å². The van der Waals surface area contributed by atoms with Crippen LogP contribution < -0.4 is 16.0 Å².